The van der Waals surface area contributed by atoms with Gasteiger partial charge >= 0.3 is 0 Å². The lowest BCUT2D eigenvalue weighted by Crippen LogP contribution is -2.19. The van der Waals surface area contributed by atoms with Crippen LogP contribution >= 0.6 is 15.9 Å². The van der Waals surface area contributed by atoms with Crippen molar-refractivity contribution in [1.82, 2.24) is 9.55 Å². The van der Waals surface area contributed by atoms with E-state index in [1.807, 2.05) is 0 Å². The zero-order valence-electron chi connectivity index (χ0n) is 10.5. The summed E-state index contributed by atoms with van der Waals surface area (Å²) in [6, 6.07) is 5.02. The average Bonchev–Trinajstić information content (AvgIpc) is 2.85. The van der Waals surface area contributed by atoms with Crippen LogP contribution in [0.5, 0.6) is 0 Å². The topological polar surface area (TPSA) is 106 Å². The van der Waals surface area contributed by atoms with Gasteiger partial charge < -0.3 is 20.8 Å². The monoisotopic (exact) mass is 337 g/mol. The van der Waals surface area contributed by atoms with E-state index in [1.165, 1.54) is 6.33 Å². The van der Waals surface area contributed by atoms with Gasteiger partial charge in [-0.2, -0.15) is 0 Å². The van der Waals surface area contributed by atoms with E-state index in [2.05, 4.69) is 31.4 Å². The number of benzene rings is 1. The van der Waals surface area contributed by atoms with Crippen LogP contribution in [0, 0.1) is 0 Å². The third-order valence-corrected chi connectivity index (χ3v) is 3.04. The zero-order chi connectivity index (χ0) is 14.7. The van der Waals surface area contributed by atoms with Gasteiger partial charge in [0.2, 0.25) is 0 Å². The van der Waals surface area contributed by atoms with E-state index in [-0.39, 0.29) is 17.4 Å². The normalized spacial score (nSPS) is 11.4. The molecule has 0 aliphatic rings. The van der Waals surface area contributed by atoms with Crippen molar-refractivity contribution < 1.29 is 10.0 Å². The first-order valence-electron chi connectivity index (χ1n) is 5.58. The second-order valence-electron chi connectivity index (χ2n) is 4.05. The number of amidine groups is 1. The van der Waals surface area contributed by atoms with Gasteiger partial charge in [0.15, 0.2) is 5.84 Å². The molecule has 0 spiro atoms. The summed E-state index contributed by atoms with van der Waals surface area (Å²) in [4.78, 5) is 16.0. The molecule has 2 aromatic rings. The average molecular weight is 338 g/mol. The van der Waals surface area contributed by atoms with Crippen LogP contribution in [0.15, 0.2) is 40.4 Å². The number of halogens is 1. The smallest absolute Gasteiger partial charge is 0.275 e. The number of hydrogen-bond donors (Lipinski definition) is 3. The summed E-state index contributed by atoms with van der Waals surface area (Å²) in [6.45, 7) is 0. The highest BCUT2D eigenvalue weighted by Gasteiger charge is 2.14. The summed E-state index contributed by atoms with van der Waals surface area (Å²) in [6.07, 6.45) is 3.12. The van der Waals surface area contributed by atoms with Gasteiger partial charge in [-0.3, -0.25) is 4.79 Å². The molecule has 1 aromatic heterocycles. The number of carbonyl (C=O) groups is 1. The number of nitrogens with two attached hydrogens (primary N) is 1. The number of imidazole rings is 1. The van der Waals surface area contributed by atoms with Gasteiger partial charge in [0.25, 0.3) is 5.91 Å². The Morgan fingerprint density at radius 2 is 2.30 bits per heavy atom. The van der Waals surface area contributed by atoms with E-state index >= 15 is 0 Å². The Morgan fingerprint density at radius 3 is 2.90 bits per heavy atom. The number of carbonyl (C=O) groups excluding carboxylic acids is 1. The second kappa shape index (κ2) is 5.74. The van der Waals surface area contributed by atoms with Crippen molar-refractivity contribution >= 4 is 33.4 Å². The summed E-state index contributed by atoms with van der Waals surface area (Å²) in [7, 11) is 1.77. The van der Waals surface area contributed by atoms with Crippen LogP contribution < -0.4 is 11.1 Å². The third-order valence-electron chi connectivity index (χ3n) is 2.55. The van der Waals surface area contributed by atoms with Crippen molar-refractivity contribution in [3.8, 4) is 0 Å². The lowest BCUT2D eigenvalue weighted by Gasteiger charge is -2.09. The SMILES string of the molecule is Cn1cnc(C(=O)Nc2cc(Br)ccc2/C(N)=N/O)c1. The quantitative estimate of drug-likeness (QED) is 0.341. The van der Waals surface area contributed by atoms with Crippen molar-refractivity contribution in [3.63, 3.8) is 0 Å². The fraction of sp³-hybridized carbons (Fsp3) is 0.0833. The van der Waals surface area contributed by atoms with Gasteiger partial charge in [-0.1, -0.05) is 21.1 Å². The Hall–Kier alpha value is -2.35. The fourth-order valence-corrected chi connectivity index (χ4v) is 1.97. The minimum Gasteiger partial charge on any atom is -0.409 e. The van der Waals surface area contributed by atoms with Crippen LogP contribution in [-0.2, 0) is 7.05 Å². The van der Waals surface area contributed by atoms with Crippen LogP contribution in [0.2, 0.25) is 0 Å². The van der Waals surface area contributed by atoms with Gasteiger partial charge in [-0.25, -0.2) is 4.98 Å². The van der Waals surface area contributed by atoms with Crippen molar-refractivity contribution in [2.45, 2.75) is 0 Å². The Kier molecular flexibility index (Phi) is 4.04. The van der Waals surface area contributed by atoms with Crippen molar-refractivity contribution in [2.75, 3.05) is 5.32 Å². The van der Waals surface area contributed by atoms with E-state index < -0.39 is 0 Å². The number of amides is 1. The first kappa shape index (κ1) is 14.1. The molecule has 0 unspecified atom stereocenters. The largest absolute Gasteiger partial charge is 0.409 e. The summed E-state index contributed by atoms with van der Waals surface area (Å²) in [5.41, 5.74) is 6.69. The predicted octanol–water partition coefficient (Wildman–Crippen LogP) is 1.53. The van der Waals surface area contributed by atoms with E-state index in [1.54, 1.807) is 36.0 Å². The van der Waals surface area contributed by atoms with Crippen molar-refractivity contribution in [2.24, 2.45) is 17.9 Å². The number of anilines is 1. The molecule has 20 heavy (non-hydrogen) atoms. The minimum absolute atomic E-state index is 0.0891. The van der Waals surface area contributed by atoms with Crippen LogP contribution in [0.25, 0.3) is 0 Å². The Bertz CT molecular complexity index is 680. The number of aryl methyl sites for hydroxylation is 1. The minimum atomic E-state index is -0.379. The summed E-state index contributed by atoms with van der Waals surface area (Å²) < 4.78 is 2.42. The summed E-state index contributed by atoms with van der Waals surface area (Å²) in [5.74, 6) is -0.468. The first-order valence-corrected chi connectivity index (χ1v) is 6.37. The van der Waals surface area contributed by atoms with Crippen LogP contribution in [0.3, 0.4) is 0 Å². The summed E-state index contributed by atoms with van der Waals surface area (Å²) in [5, 5.41) is 14.4. The fourth-order valence-electron chi connectivity index (χ4n) is 1.61. The Labute approximate surface area is 123 Å². The molecule has 104 valence electrons. The molecule has 0 fully saturated rings. The molecule has 8 heteroatoms. The van der Waals surface area contributed by atoms with Crippen molar-refractivity contribution in [1.29, 1.82) is 0 Å². The standard InChI is InChI=1S/C12H12BrN5O2/c1-18-5-10(15-6-18)12(19)16-9-4-7(13)2-3-8(9)11(14)17-20/h2-6,20H,1H3,(H2,14,17)(H,16,19). The molecule has 1 aromatic carbocycles. The highest BCUT2D eigenvalue weighted by atomic mass is 79.9. The number of nitrogens with zero attached hydrogens (tertiary/aromatic N) is 3. The molecule has 1 heterocycles. The maximum absolute atomic E-state index is 12.1. The summed E-state index contributed by atoms with van der Waals surface area (Å²) >= 11 is 3.30. The van der Waals surface area contributed by atoms with Crippen molar-refractivity contribution in [3.05, 3.63) is 46.5 Å². The van der Waals surface area contributed by atoms with E-state index in [4.69, 9.17) is 10.9 Å². The molecular formula is C12H12BrN5O2. The number of oxime groups is 1. The number of hydrogen-bond acceptors (Lipinski definition) is 4. The first-order chi connectivity index (χ1) is 9.51. The third kappa shape index (κ3) is 2.97. The molecular weight excluding hydrogens is 326 g/mol. The predicted molar refractivity (Wildman–Crippen MR) is 77.8 cm³/mol. The maximum Gasteiger partial charge on any atom is 0.275 e. The lowest BCUT2D eigenvalue weighted by molar-refractivity contribution is 0.102. The Morgan fingerprint density at radius 1 is 1.55 bits per heavy atom. The van der Waals surface area contributed by atoms with Gasteiger partial charge in [0, 0.05) is 23.3 Å². The number of aromatic nitrogens is 2. The van der Waals surface area contributed by atoms with Gasteiger partial charge in [0.05, 0.1) is 12.0 Å². The van der Waals surface area contributed by atoms with Gasteiger partial charge in [-0.05, 0) is 18.2 Å². The molecule has 0 radical (unpaired) electrons. The zero-order valence-corrected chi connectivity index (χ0v) is 12.1. The molecule has 0 aliphatic heterocycles. The molecule has 4 N–H and O–H groups in total. The molecule has 0 bridgehead atoms. The molecule has 2 rings (SSSR count). The molecule has 0 saturated carbocycles. The number of rotatable bonds is 3. The van der Waals surface area contributed by atoms with E-state index in [9.17, 15) is 4.79 Å². The van der Waals surface area contributed by atoms with E-state index in [0.29, 0.717) is 11.3 Å². The van der Waals surface area contributed by atoms with Crippen LogP contribution in [-0.4, -0.2) is 26.5 Å². The highest BCUT2D eigenvalue weighted by Crippen LogP contribution is 2.22. The second-order valence-corrected chi connectivity index (χ2v) is 4.97. The molecule has 0 atom stereocenters. The highest BCUT2D eigenvalue weighted by molar-refractivity contribution is 9.10. The lowest BCUT2D eigenvalue weighted by atomic mass is 10.1. The van der Waals surface area contributed by atoms with E-state index in [0.717, 1.165) is 4.47 Å². The van der Waals surface area contributed by atoms with Crippen LogP contribution in [0.4, 0.5) is 5.69 Å². The molecule has 1 amide bonds. The Balaban J connectivity index is 2.33. The molecule has 7 nitrogen and oxygen atoms in total. The van der Waals surface area contributed by atoms with Gasteiger partial charge in [-0.15, -0.1) is 0 Å². The maximum atomic E-state index is 12.1. The van der Waals surface area contributed by atoms with Crippen LogP contribution in [0.1, 0.15) is 16.1 Å². The van der Waals surface area contributed by atoms with Gasteiger partial charge in [0.1, 0.15) is 5.69 Å². The number of nitrogens with one attached hydrogen (secondary N) is 1. The molecule has 0 saturated heterocycles. The molecule has 0 aliphatic carbocycles.